The summed E-state index contributed by atoms with van der Waals surface area (Å²) in [6.07, 6.45) is -15.7. The Hall–Kier alpha value is -1.87. The number of rotatable bonds is 10. The van der Waals surface area contributed by atoms with Gasteiger partial charge in [-0.2, -0.15) is 4.31 Å². The fourth-order valence-corrected chi connectivity index (χ4v) is 6.52. The van der Waals surface area contributed by atoms with Crippen molar-refractivity contribution in [2.24, 2.45) is 0 Å². The van der Waals surface area contributed by atoms with Crippen LogP contribution in [0.1, 0.15) is 6.23 Å². The first-order valence-electron chi connectivity index (χ1n) is 12.2. The van der Waals surface area contributed by atoms with Crippen LogP contribution in [0, 0.1) is 0 Å². The van der Waals surface area contributed by atoms with Crippen LogP contribution in [0.15, 0.2) is 40.1 Å². The lowest BCUT2D eigenvalue weighted by atomic mass is 10.00. The molecule has 0 amide bonds. The van der Waals surface area contributed by atoms with Gasteiger partial charge in [0.05, 0.1) is 18.8 Å². The molecule has 9 N–H and O–H groups in total. The fraction of sp³-hybridized carbons (Fsp3) is 0.524. The zero-order valence-corrected chi connectivity index (χ0v) is 24.0. The SMILES string of the molecule is O=c1[nH]c(=O)n([C@@H]2O[C@H](COP(=O)(O)OP(=O)(O)O[C@H]3O[C@H](CO)[C@@H](O)[C@H](O)[C@H]3O)[C@@H](O)[C@H]2O)cc1-c1ccc(Cl)cc1. The third-order valence-corrected chi connectivity index (χ3v) is 9.28. The zero-order valence-electron chi connectivity index (χ0n) is 21.5. The Morgan fingerprint density at radius 3 is 2.14 bits per heavy atom. The highest BCUT2D eigenvalue weighted by molar-refractivity contribution is 7.61. The van der Waals surface area contributed by atoms with Crippen molar-refractivity contribution in [1.29, 1.82) is 0 Å². The minimum atomic E-state index is -5.64. The van der Waals surface area contributed by atoms with Crippen LogP contribution in [-0.4, -0.2) is 112 Å². The predicted molar refractivity (Wildman–Crippen MR) is 139 cm³/mol. The van der Waals surface area contributed by atoms with Gasteiger partial charge in [0, 0.05) is 11.2 Å². The van der Waals surface area contributed by atoms with E-state index in [4.69, 9.17) is 21.1 Å². The lowest BCUT2D eigenvalue weighted by molar-refractivity contribution is -0.280. The largest absolute Gasteiger partial charge is 0.483 e. The molecule has 11 atom stereocenters. The first kappa shape index (κ1) is 34.0. The maximum atomic E-state index is 12.5. The van der Waals surface area contributed by atoms with Crippen LogP contribution in [0.2, 0.25) is 5.02 Å². The summed E-state index contributed by atoms with van der Waals surface area (Å²) in [7, 11) is -11.2. The molecule has 4 rings (SSSR count). The normalized spacial score (nSPS) is 34.0. The maximum absolute atomic E-state index is 12.5. The summed E-state index contributed by atoms with van der Waals surface area (Å²) >= 11 is 5.86. The van der Waals surface area contributed by atoms with E-state index < -0.39 is 95.4 Å². The molecule has 2 aliphatic rings. The van der Waals surface area contributed by atoms with Gasteiger partial charge in [-0.3, -0.25) is 23.4 Å². The summed E-state index contributed by atoms with van der Waals surface area (Å²) in [4.78, 5) is 46.8. The highest BCUT2D eigenvalue weighted by atomic mass is 35.5. The van der Waals surface area contributed by atoms with E-state index in [0.29, 0.717) is 10.6 Å². The topological polar surface area (TPSA) is 297 Å². The Morgan fingerprint density at radius 1 is 0.884 bits per heavy atom. The first-order valence-corrected chi connectivity index (χ1v) is 15.5. The van der Waals surface area contributed by atoms with Crippen LogP contribution in [0.25, 0.3) is 11.1 Å². The van der Waals surface area contributed by atoms with Gasteiger partial charge in [0.25, 0.3) is 5.56 Å². The third-order valence-electron chi connectivity index (χ3n) is 6.43. The number of benzene rings is 1. The van der Waals surface area contributed by atoms with E-state index in [0.717, 1.165) is 10.8 Å². The average molecular weight is 677 g/mol. The van der Waals surface area contributed by atoms with Crippen LogP contribution >= 0.6 is 27.2 Å². The quantitative estimate of drug-likeness (QED) is 0.118. The maximum Gasteiger partial charge on any atom is 0.483 e. The number of halogens is 1. The third kappa shape index (κ3) is 7.69. The molecule has 2 aliphatic heterocycles. The number of phosphoric acid groups is 2. The van der Waals surface area contributed by atoms with Crippen molar-refractivity contribution in [2.45, 2.75) is 55.2 Å². The second-order valence-electron chi connectivity index (χ2n) is 9.38. The van der Waals surface area contributed by atoms with Crippen LogP contribution in [0.5, 0.6) is 0 Å². The second kappa shape index (κ2) is 13.2. The van der Waals surface area contributed by atoms with E-state index in [1.165, 1.54) is 24.3 Å². The summed E-state index contributed by atoms with van der Waals surface area (Å²) in [5, 5.41) is 59.9. The molecular formula is C21H27ClN2O17P2. The van der Waals surface area contributed by atoms with E-state index in [1.54, 1.807) is 0 Å². The van der Waals surface area contributed by atoms with Crippen LogP contribution in [0.4, 0.5) is 0 Å². The van der Waals surface area contributed by atoms with Crippen molar-refractivity contribution < 1.29 is 72.4 Å². The Kier molecular flexibility index (Phi) is 10.5. The molecule has 3 heterocycles. The molecule has 0 aliphatic carbocycles. The molecule has 2 fully saturated rings. The van der Waals surface area contributed by atoms with Gasteiger partial charge in [0.2, 0.25) is 0 Å². The van der Waals surface area contributed by atoms with Crippen LogP contribution < -0.4 is 11.2 Å². The van der Waals surface area contributed by atoms with E-state index in [1.807, 2.05) is 4.98 Å². The van der Waals surface area contributed by atoms with Crippen LogP contribution in [-0.2, 0) is 32.0 Å². The van der Waals surface area contributed by atoms with E-state index in [9.17, 15) is 59.1 Å². The molecule has 43 heavy (non-hydrogen) atoms. The Labute approximate surface area is 245 Å². The number of ether oxygens (including phenoxy) is 2. The lowest BCUT2D eigenvalue weighted by Crippen LogP contribution is -2.58. The molecule has 0 radical (unpaired) electrons. The summed E-state index contributed by atoms with van der Waals surface area (Å²) in [6.45, 7) is -1.97. The zero-order chi connectivity index (χ0) is 31.9. The van der Waals surface area contributed by atoms with Crippen molar-refractivity contribution in [3.05, 3.63) is 56.3 Å². The summed E-state index contributed by atoms with van der Waals surface area (Å²) in [6, 6.07) is 5.94. The van der Waals surface area contributed by atoms with Gasteiger partial charge in [-0.1, -0.05) is 23.7 Å². The smallest absolute Gasteiger partial charge is 0.394 e. The average Bonchev–Trinajstić information content (AvgIpc) is 3.21. The van der Waals surface area contributed by atoms with E-state index in [-0.39, 0.29) is 5.56 Å². The number of hydrogen-bond donors (Lipinski definition) is 9. The van der Waals surface area contributed by atoms with Crippen molar-refractivity contribution in [1.82, 2.24) is 9.55 Å². The van der Waals surface area contributed by atoms with Gasteiger partial charge in [0.15, 0.2) is 12.5 Å². The van der Waals surface area contributed by atoms with Crippen LogP contribution in [0.3, 0.4) is 0 Å². The Bertz CT molecular complexity index is 1500. The van der Waals surface area contributed by atoms with E-state index >= 15 is 0 Å². The standard InChI is InChI=1S/C21H27ClN2O17P2/c22-9-3-1-8(2-4-9)10-5-24(21(32)23-18(10)31)19-16(29)14(27)12(38-19)7-37-42(33,34)41-43(35,36)40-20-17(30)15(28)13(26)11(6-25)39-20/h1-5,11-17,19-20,25-30H,6-7H2,(H,33,34)(H,35,36)(H,23,31,32)/t11-,12-,13-,14-,15+,16-,17-,19-,20-/m1/s1. The molecule has 1 aromatic carbocycles. The Morgan fingerprint density at radius 2 is 1.51 bits per heavy atom. The van der Waals surface area contributed by atoms with Crippen molar-refractivity contribution in [2.75, 3.05) is 13.2 Å². The molecule has 0 saturated carbocycles. The predicted octanol–water partition coefficient (Wildman–Crippen LogP) is -2.47. The molecule has 1 aromatic heterocycles. The summed E-state index contributed by atoms with van der Waals surface area (Å²) in [5.74, 6) is 0. The van der Waals surface area contributed by atoms with Crippen molar-refractivity contribution in [3.63, 3.8) is 0 Å². The number of aromatic amines is 1. The monoisotopic (exact) mass is 676 g/mol. The van der Waals surface area contributed by atoms with E-state index in [2.05, 4.69) is 13.4 Å². The number of nitrogens with zero attached hydrogens (tertiary/aromatic N) is 1. The molecule has 2 unspecified atom stereocenters. The van der Waals surface area contributed by atoms with Gasteiger partial charge in [0.1, 0.15) is 42.7 Å². The molecule has 2 aromatic rings. The highest BCUT2D eigenvalue weighted by Gasteiger charge is 2.49. The minimum absolute atomic E-state index is 0.0346. The van der Waals surface area contributed by atoms with Crippen molar-refractivity contribution in [3.8, 4) is 11.1 Å². The summed E-state index contributed by atoms with van der Waals surface area (Å²) < 4.78 is 48.9. The second-order valence-corrected chi connectivity index (χ2v) is 12.8. The molecular weight excluding hydrogens is 650 g/mol. The molecule has 0 spiro atoms. The first-order chi connectivity index (χ1) is 20.0. The van der Waals surface area contributed by atoms with Gasteiger partial charge in [-0.25, -0.2) is 13.9 Å². The molecule has 240 valence electrons. The number of nitrogens with one attached hydrogen (secondary N) is 1. The number of H-pyrrole nitrogens is 1. The fourth-order valence-electron chi connectivity index (χ4n) is 4.23. The molecule has 19 nitrogen and oxygen atoms in total. The van der Waals surface area contributed by atoms with Gasteiger partial charge in [-0.05, 0) is 17.7 Å². The van der Waals surface area contributed by atoms with Gasteiger partial charge < -0.3 is 49.9 Å². The number of aliphatic hydroxyl groups is 6. The number of phosphoric ester groups is 2. The van der Waals surface area contributed by atoms with Crippen molar-refractivity contribution >= 4 is 27.2 Å². The minimum Gasteiger partial charge on any atom is -0.394 e. The Balaban J connectivity index is 1.43. The van der Waals surface area contributed by atoms with Gasteiger partial charge >= 0.3 is 21.3 Å². The molecule has 22 heteroatoms. The lowest BCUT2D eigenvalue weighted by Gasteiger charge is -2.39. The highest BCUT2D eigenvalue weighted by Crippen LogP contribution is 2.61. The summed E-state index contributed by atoms with van der Waals surface area (Å²) in [5.41, 5.74) is -1.52. The molecule has 0 bridgehead atoms. The van der Waals surface area contributed by atoms with Gasteiger partial charge in [-0.15, -0.1) is 0 Å². The number of hydrogen-bond acceptors (Lipinski definition) is 15. The molecule has 2 saturated heterocycles. The number of aromatic nitrogens is 2. The number of aliphatic hydroxyl groups excluding tert-OH is 6.